The quantitative estimate of drug-likeness (QED) is 0.749. The zero-order valence-electron chi connectivity index (χ0n) is 7.92. The fourth-order valence-corrected chi connectivity index (χ4v) is 2.55. The number of halogens is 2. The molecule has 78 valence electrons. The predicted molar refractivity (Wildman–Crippen MR) is 67.1 cm³/mol. The van der Waals surface area contributed by atoms with Gasteiger partial charge in [0, 0.05) is 27.9 Å². The minimum atomic E-state index is 0. The summed E-state index contributed by atoms with van der Waals surface area (Å²) in [6.07, 6.45) is 0. The van der Waals surface area contributed by atoms with Gasteiger partial charge in [0.05, 0.1) is 0 Å². The summed E-state index contributed by atoms with van der Waals surface area (Å²) in [6, 6.07) is 6.04. The normalized spacial score (nSPS) is 20.0. The van der Waals surface area contributed by atoms with Crippen LogP contribution in [0.5, 0.6) is 0 Å². The lowest BCUT2D eigenvalue weighted by Gasteiger charge is -2.07. The highest BCUT2D eigenvalue weighted by Gasteiger charge is 2.12. The molecule has 1 aromatic carbocycles. The standard InChI is InChI=1S/C10H12ClNS.ClH/c1-7-5-12-9-4-8(11)2-3-10(9)13-6-7;/h2-4,7,12H,5-6H2,1H3;1H. The van der Waals surface area contributed by atoms with Gasteiger partial charge < -0.3 is 5.32 Å². The maximum atomic E-state index is 5.92. The Bertz CT molecular complexity index is 317. The summed E-state index contributed by atoms with van der Waals surface area (Å²) >= 11 is 7.82. The van der Waals surface area contributed by atoms with Gasteiger partial charge in [-0.3, -0.25) is 0 Å². The molecule has 0 aliphatic carbocycles. The Labute approximate surface area is 100 Å². The van der Waals surface area contributed by atoms with Crippen LogP contribution in [-0.4, -0.2) is 12.3 Å². The fraction of sp³-hybridized carbons (Fsp3) is 0.400. The van der Waals surface area contributed by atoms with Crippen LogP contribution in [0.3, 0.4) is 0 Å². The summed E-state index contributed by atoms with van der Waals surface area (Å²) in [6.45, 7) is 3.30. The number of hydrogen-bond donors (Lipinski definition) is 1. The topological polar surface area (TPSA) is 12.0 Å². The van der Waals surface area contributed by atoms with Crippen LogP contribution in [0.4, 0.5) is 5.69 Å². The molecule has 2 rings (SSSR count). The van der Waals surface area contributed by atoms with Crippen LogP contribution in [0.15, 0.2) is 23.1 Å². The van der Waals surface area contributed by atoms with Gasteiger partial charge in [0.2, 0.25) is 0 Å². The molecular formula is C10H13Cl2NS. The van der Waals surface area contributed by atoms with E-state index in [9.17, 15) is 0 Å². The minimum Gasteiger partial charge on any atom is -0.384 e. The Kier molecular flexibility index (Phi) is 4.42. The third-order valence-electron chi connectivity index (χ3n) is 2.11. The highest BCUT2D eigenvalue weighted by Crippen LogP contribution is 2.33. The van der Waals surface area contributed by atoms with Gasteiger partial charge >= 0.3 is 0 Å². The number of nitrogens with one attached hydrogen (secondary N) is 1. The molecule has 0 amide bonds. The second kappa shape index (κ2) is 5.15. The van der Waals surface area contributed by atoms with E-state index >= 15 is 0 Å². The lowest BCUT2D eigenvalue weighted by atomic mass is 10.2. The van der Waals surface area contributed by atoms with Crippen molar-refractivity contribution in [1.82, 2.24) is 0 Å². The smallest absolute Gasteiger partial charge is 0.0493 e. The van der Waals surface area contributed by atoms with Crippen molar-refractivity contribution < 1.29 is 0 Å². The SMILES string of the molecule is CC1CNc2cc(Cl)ccc2SC1.Cl. The van der Waals surface area contributed by atoms with Crippen LogP contribution in [0, 0.1) is 5.92 Å². The molecule has 1 heterocycles. The first-order valence-corrected chi connectivity index (χ1v) is 5.78. The third-order valence-corrected chi connectivity index (χ3v) is 3.74. The van der Waals surface area contributed by atoms with E-state index in [1.165, 1.54) is 16.3 Å². The van der Waals surface area contributed by atoms with Crippen molar-refractivity contribution in [3.05, 3.63) is 23.2 Å². The van der Waals surface area contributed by atoms with Crippen LogP contribution in [-0.2, 0) is 0 Å². The van der Waals surface area contributed by atoms with Crippen molar-refractivity contribution >= 4 is 41.5 Å². The van der Waals surface area contributed by atoms with E-state index in [0.29, 0.717) is 0 Å². The number of thioether (sulfide) groups is 1. The highest BCUT2D eigenvalue weighted by molar-refractivity contribution is 7.99. The van der Waals surface area contributed by atoms with Gasteiger partial charge in [0.15, 0.2) is 0 Å². The Morgan fingerprint density at radius 3 is 3.07 bits per heavy atom. The number of anilines is 1. The van der Waals surface area contributed by atoms with E-state index in [2.05, 4.69) is 18.3 Å². The van der Waals surface area contributed by atoms with Gasteiger partial charge in [-0.05, 0) is 24.1 Å². The highest BCUT2D eigenvalue weighted by atomic mass is 35.5. The molecule has 1 unspecified atom stereocenters. The number of fused-ring (bicyclic) bond motifs is 1. The van der Waals surface area contributed by atoms with Crippen molar-refractivity contribution in [3.8, 4) is 0 Å². The maximum Gasteiger partial charge on any atom is 0.0493 e. The molecule has 1 nitrogen and oxygen atoms in total. The van der Waals surface area contributed by atoms with Crippen LogP contribution in [0.2, 0.25) is 5.02 Å². The average Bonchev–Trinajstić information content (AvgIpc) is 2.29. The molecule has 0 saturated heterocycles. The molecule has 0 fully saturated rings. The minimum absolute atomic E-state index is 0. The van der Waals surface area contributed by atoms with E-state index in [1.807, 2.05) is 23.9 Å². The molecule has 14 heavy (non-hydrogen) atoms. The molecule has 0 spiro atoms. The molecule has 1 aliphatic rings. The van der Waals surface area contributed by atoms with Crippen molar-refractivity contribution in [2.45, 2.75) is 11.8 Å². The molecular weight excluding hydrogens is 237 g/mol. The Hall–Kier alpha value is -0.0500. The summed E-state index contributed by atoms with van der Waals surface area (Å²) < 4.78 is 0. The molecule has 4 heteroatoms. The lowest BCUT2D eigenvalue weighted by molar-refractivity contribution is 0.705. The average molecular weight is 250 g/mol. The second-order valence-corrected chi connectivity index (χ2v) is 4.94. The van der Waals surface area contributed by atoms with Crippen LogP contribution in [0.1, 0.15) is 6.92 Å². The van der Waals surface area contributed by atoms with Crippen LogP contribution in [0.25, 0.3) is 0 Å². The summed E-state index contributed by atoms with van der Waals surface area (Å²) in [5, 5.41) is 4.22. The summed E-state index contributed by atoms with van der Waals surface area (Å²) in [5.74, 6) is 1.90. The Morgan fingerprint density at radius 2 is 2.29 bits per heavy atom. The van der Waals surface area contributed by atoms with Crippen molar-refractivity contribution in [1.29, 1.82) is 0 Å². The van der Waals surface area contributed by atoms with Crippen molar-refractivity contribution in [2.75, 3.05) is 17.6 Å². The monoisotopic (exact) mass is 249 g/mol. The fourth-order valence-electron chi connectivity index (χ4n) is 1.34. The second-order valence-electron chi connectivity index (χ2n) is 3.44. The van der Waals surface area contributed by atoms with Crippen LogP contribution >= 0.6 is 35.8 Å². The summed E-state index contributed by atoms with van der Waals surface area (Å²) in [5.41, 5.74) is 1.18. The third kappa shape index (κ3) is 2.72. The van der Waals surface area contributed by atoms with Gasteiger partial charge in [-0.2, -0.15) is 0 Å². The molecule has 0 saturated carbocycles. The first-order valence-electron chi connectivity index (χ1n) is 4.42. The summed E-state index contributed by atoms with van der Waals surface area (Å²) in [7, 11) is 0. The number of benzene rings is 1. The predicted octanol–water partition coefficient (Wildman–Crippen LogP) is 3.92. The molecule has 0 aromatic heterocycles. The van der Waals surface area contributed by atoms with Gasteiger partial charge in [0.25, 0.3) is 0 Å². The van der Waals surface area contributed by atoms with E-state index < -0.39 is 0 Å². The largest absolute Gasteiger partial charge is 0.384 e. The zero-order chi connectivity index (χ0) is 9.26. The van der Waals surface area contributed by atoms with E-state index in [4.69, 9.17) is 11.6 Å². The van der Waals surface area contributed by atoms with Gasteiger partial charge in [0.1, 0.15) is 0 Å². The molecule has 1 aromatic rings. The van der Waals surface area contributed by atoms with Crippen molar-refractivity contribution in [2.24, 2.45) is 5.92 Å². The van der Waals surface area contributed by atoms with Gasteiger partial charge in [-0.15, -0.1) is 24.2 Å². The van der Waals surface area contributed by atoms with Gasteiger partial charge in [-0.25, -0.2) is 0 Å². The maximum absolute atomic E-state index is 5.92. The van der Waals surface area contributed by atoms with E-state index in [1.54, 1.807) is 0 Å². The molecule has 0 radical (unpaired) electrons. The Balaban J connectivity index is 0.000000980. The van der Waals surface area contributed by atoms with Gasteiger partial charge in [-0.1, -0.05) is 18.5 Å². The zero-order valence-corrected chi connectivity index (χ0v) is 10.3. The Morgan fingerprint density at radius 1 is 1.50 bits per heavy atom. The van der Waals surface area contributed by atoms with E-state index in [-0.39, 0.29) is 12.4 Å². The van der Waals surface area contributed by atoms with Crippen molar-refractivity contribution in [3.63, 3.8) is 0 Å². The van der Waals surface area contributed by atoms with E-state index in [0.717, 1.165) is 17.5 Å². The summed E-state index contributed by atoms with van der Waals surface area (Å²) in [4.78, 5) is 1.31. The number of rotatable bonds is 0. The number of hydrogen-bond acceptors (Lipinski definition) is 2. The molecule has 0 bridgehead atoms. The lowest BCUT2D eigenvalue weighted by Crippen LogP contribution is -2.10. The molecule has 1 atom stereocenters. The molecule has 1 N–H and O–H groups in total. The first-order chi connectivity index (χ1) is 6.25. The van der Waals surface area contributed by atoms with Crippen LogP contribution < -0.4 is 5.32 Å². The molecule has 1 aliphatic heterocycles. The first kappa shape index (κ1) is 12.0.